The number of cyclic esters (lactones) is 1. The van der Waals surface area contributed by atoms with Crippen LogP contribution in [0.15, 0.2) is 42.5 Å². The highest BCUT2D eigenvalue weighted by atomic mass is 16.5. The maximum Gasteiger partial charge on any atom is 0.306 e. The highest BCUT2D eigenvalue weighted by Crippen LogP contribution is 2.24. The second-order valence-electron chi connectivity index (χ2n) is 8.29. The van der Waals surface area contributed by atoms with Gasteiger partial charge >= 0.3 is 5.97 Å². The number of aliphatic hydroxyl groups is 1. The van der Waals surface area contributed by atoms with Crippen LogP contribution in [0.4, 0.5) is 0 Å². The molecule has 0 spiro atoms. The van der Waals surface area contributed by atoms with E-state index in [1.807, 2.05) is 42.5 Å². The summed E-state index contributed by atoms with van der Waals surface area (Å²) in [5, 5.41) is 12.6. The first-order valence-corrected chi connectivity index (χ1v) is 11.1. The molecule has 7 nitrogen and oxygen atoms in total. The molecule has 0 saturated carbocycles. The van der Waals surface area contributed by atoms with Crippen molar-refractivity contribution in [2.75, 3.05) is 19.8 Å². The molecule has 1 aromatic carbocycles. The van der Waals surface area contributed by atoms with E-state index in [4.69, 9.17) is 4.74 Å². The number of carbonyl (C=O) groups excluding carboxylic acids is 3. The summed E-state index contributed by atoms with van der Waals surface area (Å²) in [5.74, 6) is -1.02. The molecule has 2 heterocycles. The van der Waals surface area contributed by atoms with Gasteiger partial charge in [0.25, 0.3) is 0 Å². The number of rotatable bonds is 6. The molecule has 2 amide bonds. The maximum absolute atomic E-state index is 13.2. The van der Waals surface area contributed by atoms with Crippen LogP contribution in [-0.4, -0.2) is 59.6 Å². The molecule has 2 aliphatic rings. The normalized spacial score (nSPS) is 23.3. The number of esters is 1. The number of nitrogens with one attached hydrogen (secondary N) is 1. The Labute approximate surface area is 183 Å². The van der Waals surface area contributed by atoms with Crippen molar-refractivity contribution in [2.24, 2.45) is 5.92 Å². The number of hydrogen-bond acceptors (Lipinski definition) is 5. The molecule has 3 atom stereocenters. The van der Waals surface area contributed by atoms with Crippen LogP contribution in [0.25, 0.3) is 0 Å². The van der Waals surface area contributed by atoms with Crippen LogP contribution in [-0.2, 0) is 25.5 Å². The third-order valence-electron chi connectivity index (χ3n) is 5.89. The smallest absolute Gasteiger partial charge is 0.306 e. The number of carbonyl (C=O) groups is 3. The Balaban J connectivity index is 1.64. The monoisotopic (exact) mass is 428 g/mol. The number of hydrogen-bond donors (Lipinski definition) is 2. The molecule has 0 aromatic heterocycles. The van der Waals surface area contributed by atoms with E-state index in [1.54, 1.807) is 4.90 Å². The number of fused-ring (bicyclic) bond motifs is 1. The minimum absolute atomic E-state index is 0.0669. The van der Waals surface area contributed by atoms with Crippen LogP contribution < -0.4 is 5.32 Å². The molecular formula is C24H32N2O5. The summed E-state index contributed by atoms with van der Waals surface area (Å²) >= 11 is 0. The zero-order chi connectivity index (χ0) is 22.1. The highest BCUT2D eigenvalue weighted by molar-refractivity contribution is 5.86. The van der Waals surface area contributed by atoms with Crippen molar-refractivity contribution in [2.45, 2.75) is 57.0 Å². The van der Waals surface area contributed by atoms with Crippen LogP contribution >= 0.6 is 0 Å². The molecule has 0 radical (unpaired) electrons. The third kappa shape index (κ3) is 6.92. The molecule has 7 heteroatoms. The van der Waals surface area contributed by atoms with E-state index in [-0.39, 0.29) is 43.5 Å². The average Bonchev–Trinajstić information content (AvgIpc) is 3.24. The number of amides is 2. The predicted molar refractivity (Wildman–Crippen MR) is 116 cm³/mol. The summed E-state index contributed by atoms with van der Waals surface area (Å²) < 4.78 is 5.34. The number of ether oxygens (including phenoxy) is 1. The largest absolute Gasteiger partial charge is 0.463 e. The number of aliphatic hydroxyl groups excluding tert-OH is 1. The summed E-state index contributed by atoms with van der Waals surface area (Å²) in [6, 6.07) is 9.16. The van der Waals surface area contributed by atoms with Gasteiger partial charge in [-0.15, -0.1) is 0 Å². The minimum Gasteiger partial charge on any atom is -0.463 e. The molecule has 2 aliphatic heterocycles. The van der Waals surface area contributed by atoms with Gasteiger partial charge in [0.2, 0.25) is 11.8 Å². The fourth-order valence-electron chi connectivity index (χ4n) is 4.22. The zero-order valence-electron chi connectivity index (χ0n) is 17.9. The van der Waals surface area contributed by atoms with Gasteiger partial charge in [0.05, 0.1) is 24.6 Å². The number of nitrogens with zero attached hydrogens (tertiary/aromatic N) is 1. The molecule has 31 heavy (non-hydrogen) atoms. The lowest BCUT2D eigenvalue weighted by molar-refractivity contribution is -0.148. The van der Waals surface area contributed by atoms with Gasteiger partial charge in [0.15, 0.2) is 0 Å². The van der Waals surface area contributed by atoms with Crippen molar-refractivity contribution in [3.05, 3.63) is 48.0 Å². The first kappa shape index (κ1) is 23.0. The lowest BCUT2D eigenvalue weighted by atomic mass is 9.97. The van der Waals surface area contributed by atoms with E-state index in [0.717, 1.165) is 18.4 Å². The Hall–Kier alpha value is -2.67. The van der Waals surface area contributed by atoms with E-state index >= 15 is 0 Å². The molecule has 0 unspecified atom stereocenters. The van der Waals surface area contributed by atoms with Gasteiger partial charge in [0, 0.05) is 19.4 Å². The quantitative estimate of drug-likeness (QED) is 0.534. The summed E-state index contributed by atoms with van der Waals surface area (Å²) in [6.07, 6.45) is 7.34. The van der Waals surface area contributed by atoms with Gasteiger partial charge in [0.1, 0.15) is 6.61 Å². The van der Waals surface area contributed by atoms with Crippen molar-refractivity contribution in [3.8, 4) is 0 Å². The van der Waals surface area contributed by atoms with Crippen LogP contribution in [0.5, 0.6) is 0 Å². The Morgan fingerprint density at radius 3 is 2.81 bits per heavy atom. The summed E-state index contributed by atoms with van der Waals surface area (Å²) in [5.41, 5.74) is 1.03. The van der Waals surface area contributed by atoms with Crippen molar-refractivity contribution in [1.29, 1.82) is 0 Å². The van der Waals surface area contributed by atoms with Gasteiger partial charge in [-0.2, -0.15) is 0 Å². The summed E-state index contributed by atoms with van der Waals surface area (Å²) in [4.78, 5) is 39.5. The van der Waals surface area contributed by atoms with E-state index in [0.29, 0.717) is 32.2 Å². The Kier molecular flexibility index (Phi) is 8.64. The number of benzene rings is 1. The SMILES string of the molecule is O=C(C[C@H]1CC=CCCC(=O)OC[C@@H]2CCCN2C1=O)N[C@H](CO)Cc1ccccc1. The van der Waals surface area contributed by atoms with Crippen LogP contribution in [0, 0.1) is 5.92 Å². The second kappa shape index (κ2) is 11.6. The Morgan fingerprint density at radius 2 is 2.03 bits per heavy atom. The fourth-order valence-corrected chi connectivity index (χ4v) is 4.22. The van der Waals surface area contributed by atoms with Crippen molar-refractivity contribution >= 4 is 17.8 Å². The zero-order valence-corrected chi connectivity index (χ0v) is 17.9. The van der Waals surface area contributed by atoms with E-state index in [9.17, 15) is 19.5 Å². The topological polar surface area (TPSA) is 95.9 Å². The van der Waals surface area contributed by atoms with Gasteiger partial charge < -0.3 is 20.1 Å². The van der Waals surface area contributed by atoms with E-state index in [2.05, 4.69) is 5.32 Å². The molecule has 3 rings (SSSR count). The predicted octanol–water partition coefficient (Wildman–Crippen LogP) is 1.99. The average molecular weight is 429 g/mol. The Morgan fingerprint density at radius 1 is 1.23 bits per heavy atom. The van der Waals surface area contributed by atoms with Crippen LogP contribution in [0.1, 0.15) is 44.1 Å². The van der Waals surface area contributed by atoms with E-state index in [1.165, 1.54) is 0 Å². The molecule has 2 N–H and O–H groups in total. The number of allylic oxidation sites excluding steroid dienone is 2. The minimum atomic E-state index is -0.469. The fraction of sp³-hybridized carbons (Fsp3) is 0.542. The molecular weight excluding hydrogens is 396 g/mol. The molecule has 0 aliphatic carbocycles. The Bertz CT molecular complexity index is 779. The van der Waals surface area contributed by atoms with Crippen LogP contribution in [0.2, 0.25) is 0 Å². The maximum atomic E-state index is 13.2. The molecule has 168 valence electrons. The first-order chi connectivity index (χ1) is 15.1. The van der Waals surface area contributed by atoms with Crippen molar-refractivity contribution < 1.29 is 24.2 Å². The first-order valence-electron chi connectivity index (χ1n) is 11.1. The van der Waals surface area contributed by atoms with Crippen LogP contribution in [0.3, 0.4) is 0 Å². The van der Waals surface area contributed by atoms with Gasteiger partial charge in [-0.1, -0.05) is 42.5 Å². The second-order valence-corrected chi connectivity index (χ2v) is 8.29. The van der Waals surface area contributed by atoms with Gasteiger partial charge in [-0.3, -0.25) is 14.4 Å². The molecule has 1 aromatic rings. The standard InChI is InChI=1S/C24H32N2O5/c27-16-20(14-18-8-3-1-4-9-18)25-22(28)15-19-10-5-2-6-12-23(29)31-17-21-11-7-13-26(21)24(19)30/h1-5,8-9,19-21,27H,6-7,10-17H2,(H,25,28)/t19-,20+,21+/m1/s1. The van der Waals surface area contributed by atoms with Gasteiger partial charge in [-0.25, -0.2) is 0 Å². The van der Waals surface area contributed by atoms with Crippen molar-refractivity contribution in [1.82, 2.24) is 10.2 Å². The van der Waals surface area contributed by atoms with Crippen molar-refractivity contribution in [3.63, 3.8) is 0 Å². The molecule has 1 fully saturated rings. The molecule has 0 bridgehead atoms. The lowest BCUT2D eigenvalue weighted by Crippen LogP contribution is -2.45. The highest BCUT2D eigenvalue weighted by Gasteiger charge is 2.34. The van der Waals surface area contributed by atoms with Gasteiger partial charge in [-0.05, 0) is 37.7 Å². The summed E-state index contributed by atoms with van der Waals surface area (Å²) in [7, 11) is 0. The van der Waals surface area contributed by atoms with E-state index < -0.39 is 12.0 Å². The summed E-state index contributed by atoms with van der Waals surface area (Å²) in [6.45, 7) is 0.672. The molecule has 1 saturated heterocycles. The third-order valence-corrected chi connectivity index (χ3v) is 5.89. The lowest BCUT2D eigenvalue weighted by Gasteiger charge is -2.29.